The molecule has 0 spiro atoms. The zero-order valence-electron chi connectivity index (χ0n) is 8.12. The average molecular weight is 224 g/mol. The molecule has 0 aliphatic heterocycles. The second-order valence-corrected chi connectivity index (χ2v) is 1.65. The summed E-state index contributed by atoms with van der Waals surface area (Å²) in [5.74, 6) is -3.03. The van der Waals surface area contributed by atoms with E-state index in [0.29, 0.717) is 0 Å². The van der Waals surface area contributed by atoms with Crippen LogP contribution in [0.4, 0.5) is 0 Å². The molecule has 5 nitrogen and oxygen atoms in total. The largest absolute Gasteiger partial charge is 1.00 e. The van der Waals surface area contributed by atoms with Gasteiger partial charge in [-0.05, 0) is 7.02 Å². The maximum absolute atomic E-state index is 10.1. The van der Waals surface area contributed by atoms with Gasteiger partial charge < -0.3 is 25.1 Å². The Balaban J connectivity index is -0.000000500. The molecule has 1 N–H and O–H groups in total. The molecule has 1 atom stereocenters. The molecule has 0 aromatic heterocycles. The Morgan fingerprint density at radius 3 is 2.25 bits per heavy atom. The van der Waals surface area contributed by atoms with Crippen molar-refractivity contribution in [3.8, 4) is 0 Å². The first-order chi connectivity index (χ1) is 5.07. The number of nitrogens with one attached hydrogen (secondary N) is 1. The predicted molar refractivity (Wildman–Crippen MR) is 27.5 cm³/mol. The predicted octanol–water partition coefficient (Wildman–Crippen LogP) is -9.53. The van der Waals surface area contributed by atoms with E-state index in [4.69, 9.17) is 1.37 Å². The van der Waals surface area contributed by atoms with Crippen LogP contribution >= 0.6 is 0 Å². The van der Waals surface area contributed by atoms with Crippen LogP contribution in [0.1, 0.15) is 7.79 Å². The van der Waals surface area contributed by atoms with E-state index < -0.39 is 24.4 Å². The molecule has 12 heavy (non-hydrogen) atoms. The Kier molecular flexibility index (Phi) is 15.6. The Hall–Kier alpha value is 2.17. The summed E-state index contributed by atoms with van der Waals surface area (Å²) < 4.78 is 6.56. The summed E-state index contributed by atoms with van der Waals surface area (Å²) in [6.07, 6.45) is -0.679. The molecule has 0 amide bonds. The van der Waals surface area contributed by atoms with Crippen molar-refractivity contribution in [3.63, 3.8) is 0 Å². The fourth-order valence-corrected chi connectivity index (χ4v) is 0.406. The van der Waals surface area contributed by atoms with Gasteiger partial charge in [0.2, 0.25) is 0 Å². The molecule has 7 heteroatoms. The van der Waals surface area contributed by atoms with Gasteiger partial charge in [0.25, 0.3) is 0 Å². The first-order valence-electron chi connectivity index (χ1n) is 3.22. The summed E-state index contributed by atoms with van der Waals surface area (Å²) in [6, 6.07) is -1.34. The molecule has 0 saturated carbocycles. The number of hydrogen-bond donors (Lipinski definition) is 1. The monoisotopic (exact) mass is 224 g/mol. The fourth-order valence-electron chi connectivity index (χ4n) is 0.406. The number of carbonyl (C=O) groups excluding carboxylic acids is 2. The average Bonchev–Trinajstić information content (AvgIpc) is 1.86. The molecule has 0 aromatic carbocycles. The van der Waals surface area contributed by atoms with Crippen LogP contribution in [0.3, 0.4) is 0 Å². The summed E-state index contributed by atoms with van der Waals surface area (Å²) >= 11 is 0. The first-order valence-corrected chi connectivity index (χ1v) is 2.51. The summed E-state index contributed by atoms with van der Waals surface area (Å²) in [4.78, 5) is 20.0. The minimum atomic E-state index is -1.54. The minimum Gasteiger partial charge on any atom is -0.550 e. The van der Waals surface area contributed by atoms with Gasteiger partial charge >= 0.3 is 103 Å². The van der Waals surface area contributed by atoms with Gasteiger partial charge in [-0.25, -0.2) is 0 Å². The molecule has 0 aliphatic carbocycles. The van der Waals surface area contributed by atoms with Crippen molar-refractivity contribution >= 4 is 11.9 Å². The normalized spacial score (nSPS) is 11.5. The second kappa shape index (κ2) is 11.2. The van der Waals surface area contributed by atoms with Crippen molar-refractivity contribution in [1.82, 2.24) is 5.32 Å². The van der Waals surface area contributed by atoms with E-state index in [1.165, 1.54) is 0 Å². The van der Waals surface area contributed by atoms with Gasteiger partial charge in [0.05, 0.1) is 12.0 Å². The fraction of sp³-hybridized carbons (Fsp3) is 0.600. The van der Waals surface area contributed by atoms with Crippen LogP contribution < -0.4 is 118 Å². The van der Waals surface area contributed by atoms with Crippen molar-refractivity contribution in [3.05, 3.63) is 0 Å². The van der Waals surface area contributed by atoms with Gasteiger partial charge in [0, 0.05) is 13.8 Å². The number of carbonyl (C=O) groups is 2. The molecule has 0 aromatic rings. The Labute approximate surface area is 157 Å². The maximum atomic E-state index is 10.1. The number of aliphatic carboxylic acids is 2. The number of carboxylic acid groups (broad SMARTS) is 2. The van der Waals surface area contributed by atoms with Crippen molar-refractivity contribution in [2.24, 2.45) is 0 Å². The molecule has 0 fully saturated rings. The smallest absolute Gasteiger partial charge is 0.550 e. The van der Waals surface area contributed by atoms with E-state index in [9.17, 15) is 19.8 Å². The molecule has 0 saturated heterocycles. The standard InChI is InChI=1S/C5H9NO4.2K/c1-6-3(5(9)10)2-4(7)8;;/h3,6H,2H2,1H3,(H,7,8)(H,9,10);;/q;2*+1/p-2/t3-;;/m0../s1/i1D;;. The van der Waals surface area contributed by atoms with Gasteiger partial charge in [-0.2, -0.15) is 0 Å². The minimum absolute atomic E-state index is 0. The van der Waals surface area contributed by atoms with Crippen LogP contribution in [0, 0.1) is 0 Å². The second-order valence-electron chi connectivity index (χ2n) is 1.65. The van der Waals surface area contributed by atoms with Crippen LogP contribution in [0.15, 0.2) is 0 Å². The van der Waals surface area contributed by atoms with Gasteiger partial charge in [0.1, 0.15) is 0 Å². The molecule has 0 rings (SSSR count). The van der Waals surface area contributed by atoms with Crippen molar-refractivity contribution in [2.75, 3.05) is 7.02 Å². The van der Waals surface area contributed by atoms with E-state index in [1.807, 2.05) is 0 Å². The topological polar surface area (TPSA) is 92.3 Å². The van der Waals surface area contributed by atoms with Gasteiger partial charge in [-0.15, -0.1) is 0 Å². The third kappa shape index (κ3) is 10.3. The molecule has 0 heterocycles. The Morgan fingerprint density at radius 1 is 1.50 bits per heavy atom. The van der Waals surface area contributed by atoms with Crippen LogP contribution in [0.2, 0.25) is 0 Å². The summed E-state index contributed by atoms with van der Waals surface area (Å²) in [5, 5.41) is 22.1. The van der Waals surface area contributed by atoms with Crippen molar-refractivity contribution < 1.29 is 124 Å². The summed E-state index contributed by atoms with van der Waals surface area (Å²) in [6.45, 7) is 0. The van der Waals surface area contributed by atoms with E-state index in [2.05, 4.69) is 5.32 Å². The van der Waals surface area contributed by atoms with Crippen molar-refractivity contribution in [1.29, 1.82) is 0 Å². The molecular formula is C5H7K2NO4. The number of rotatable bonds is 4. The van der Waals surface area contributed by atoms with E-state index in [1.54, 1.807) is 0 Å². The van der Waals surface area contributed by atoms with Crippen LogP contribution in [-0.2, 0) is 9.59 Å². The Morgan fingerprint density at radius 2 is 2.00 bits per heavy atom. The zero-order valence-corrected chi connectivity index (χ0v) is 13.4. The van der Waals surface area contributed by atoms with E-state index in [-0.39, 0.29) is 110 Å². The molecule has 0 radical (unpaired) electrons. The van der Waals surface area contributed by atoms with Crippen LogP contribution in [-0.4, -0.2) is 25.0 Å². The summed E-state index contributed by atoms with van der Waals surface area (Å²) in [7, 11) is -0.369. The summed E-state index contributed by atoms with van der Waals surface area (Å²) in [5.41, 5.74) is 0. The van der Waals surface area contributed by atoms with Crippen molar-refractivity contribution in [2.45, 2.75) is 12.5 Å². The SMILES string of the molecule is [2H]CN[C@@H](CC(=O)[O-])C(=O)[O-].[K+].[K+]. The molecule has 0 unspecified atom stereocenters. The number of carboxylic acids is 2. The Bertz CT molecular complexity index is 169. The third-order valence-corrected chi connectivity index (χ3v) is 0.902. The molecule has 0 bridgehead atoms. The maximum Gasteiger partial charge on any atom is 1.00 e. The van der Waals surface area contributed by atoms with E-state index in [0.717, 1.165) is 0 Å². The van der Waals surface area contributed by atoms with Gasteiger partial charge in [-0.3, -0.25) is 0 Å². The van der Waals surface area contributed by atoms with Crippen LogP contribution in [0.5, 0.6) is 0 Å². The first kappa shape index (κ1) is 16.6. The molecular weight excluding hydrogens is 216 g/mol. The number of hydrogen-bond acceptors (Lipinski definition) is 5. The van der Waals surface area contributed by atoms with Gasteiger partial charge in [-0.1, -0.05) is 0 Å². The van der Waals surface area contributed by atoms with Gasteiger partial charge in [0.15, 0.2) is 0 Å². The quantitative estimate of drug-likeness (QED) is 0.479. The molecule has 0 aliphatic rings. The van der Waals surface area contributed by atoms with E-state index >= 15 is 0 Å². The third-order valence-electron chi connectivity index (χ3n) is 0.902. The number of likely N-dealkylation sites (N-methyl/N-ethyl adjacent to an activating group) is 1. The molecule has 58 valence electrons. The van der Waals surface area contributed by atoms with Crippen LogP contribution in [0.25, 0.3) is 0 Å². The zero-order chi connectivity index (χ0) is 8.85.